The van der Waals surface area contributed by atoms with Crippen LogP contribution in [0.2, 0.25) is 0 Å². The lowest BCUT2D eigenvalue weighted by atomic mass is 10.2. The molecule has 0 spiro atoms. The zero-order chi connectivity index (χ0) is 13.1. The molecule has 0 radical (unpaired) electrons. The average molecular weight is 240 g/mol. The molecule has 1 aromatic rings. The number of ether oxygens (including phenoxy) is 1. The predicted octanol–water partition coefficient (Wildman–Crippen LogP) is -0.946. The highest BCUT2D eigenvalue weighted by Gasteiger charge is 2.19. The number of esters is 1. The van der Waals surface area contributed by atoms with Crippen molar-refractivity contribution in [2.45, 2.75) is 39.8 Å². The van der Waals surface area contributed by atoms with Crippen molar-refractivity contribution < 1.29 is 19.3 Å². The number of rotatable bonds is 3. The maximum atomic E-state index is 11.5. The second-order valence-electron chi connectivity index (χ2n) is 4.53. The largest absolute Gasteiger partial charge is 0.860 e. The number of nitrogens with zero attached hydrogens (tertiary/aromatic N) is 4. The van der Waals surface area contributed by atoms with Crippen LogP contribution >= 0.6 is 0 Å². The molecule has 0 aliphatic rings. The Balaban J connectivity index is 2.61. The minimum Gasteiger partial charge on any atom is -0.860 e. The van der Waals surface area contributed by atoms with Crippen LogP contribution in [0.3, 0.4) is 0 Å². The van der Waals surface area contributed by atoms with Crippen LogP contribution in [-0.4, -0.2) is 27.2 Å². The molecule has 94 valence electrons. The van der Waals surface area contributed by atoms with Gasteiger partial charge in [-0.1, -0.05) is 0 Å². The molecule has 0 aromatic carbocycles. The van der Waals surface area contributed by atoms with E-state index < -0.39 is 11.6 Å². The monoisotopic (exact) mass is 240 g/mol. The first-order valence-electron chi connectivity index (χ1n) is 5.14. The van der Waals surface area contributed by atoms with Gasteiger partial charge in [0.25, 0.3) is 6.33 Å². The summed E-state index contributed by atoms with van der Waals surface area (Å²) in [6.07, 6.45) is 2.77. The van der Waals surface area contributed by atoms with Crippen molar-refractivity contribution in [3.63, 3.8) is 0 Å². The molecule has 0 fully saturated rings. The second-order valence-corrected chi connectivity index (χ2v) is 4.53. The van der Waals surface area contributed by atoms with Gasteiger partial charge in [-0.25, -0.2) is 4.79 Å². The van der Waals surface area contributed by atoms with E-state index >= 15 is 0 Å². The van der Waals surface area contributed by atoms with E-state index in [1.807, 2.05) is 0 Å². The van der Waals surface area contributed by atoms with Gasteiger partial charge in [-0.05, 0) is 33.6 Å². The van der Waals surface area contributed by atoms with Gasteiger partial charge in [0.2, 0.25) is 12.9 Å². The third-order valence-corrected chi connectivity index (χ3v) is 1.54. The molecule has 0 aliphatic heterocycles. The quantitative estimate of drug-likeness (QED) is 0.295. The lowest BCUT2D eigenvalue weighted by molar-refractivity contribution is -0.682. The van der Waals surface area contributed by atoms with Crippen LogP contribution in [-0.2, 0) is 16.1 Å². The molecule has 1 heterocycles. The van der Waals surface area contributed by atoms with Crippen LogP contribution in [0.5, 0.6) is 0 Å². The first-order valence-corrected chi connectivity index (χ1v) is 5.14. The van der Waals surface area contributed by atoms with Crippen LogP contribution < -0.4 is 9.78 Å². The molecule has 7 heteroatoms. The van der Waals surface area contributed by atoms with Crippen LogP contribution in [0.25, 0.3) is 0 Å². The van der Waals surface area contributed by atoms with E-state index in [0.29, 0.717) is 0 Å². The topological polar surface area (TPSA) is 83.4 Å². The van der Waals surface area contributed by atoms with E-state index in [9.17, 15) is 9.90 Å². The van der Waals surface area contributed by atoms with E-state index in [4.69, 9.17) is 4.74 Å². The van der Waals surface area contributed by atoms with Crippen molar-refractivity contribution in [2.75, 3.05) is 0 Å². The normalized spacial score (nSPS) is 12.6. The molecule has 0 atom stereocenters. The molecule has 1 rings (SSSR count). The highest BCUT2D eigenvalue weighted by molar-refractivity contribution is 5.69. The summed E-state index contributed by atoms with van der Waals surface area (Å²) in [6, 6.07) is 0. The van der Waals surface area contributed by atoms with Crippen molar-refractivity contribution in [3.05, 3.63) is 12.7 Å². The van der Waals surface area contributed by atoms with Gasteiger partial charge in [0.1, 0.15) is 5.60 Å². The van der Waals surface area contributed by atoms with Crippen LogP contribution in [0, 0.1) is 0 Å². The first kappa shape index (κ1) is 13.1. The first-order chi connectivity index (χ1) is 7.76. The Morgan fingerprint density at radius 1 is 1.59 bits per heavy atom. The fourth-order valence-corrected chi connectivity index (χ4v) is 1.12. The number of hydrogen-bond acceptors (Lipinski definition) is 5. The van der Waals surface area contributed by atoms with Crippen LogP contribution in [0.15, 0.2) is 17.8 Å². The molecule has 0 saturated carbocycles. The molecular weight excluding hydrogens is 224 g/mol. The maximum absolute atomic E-state index is 11.5. The maximum Gasteiger partial charge on any atom is 0.344 e. The summed E-state index contributed by atoms with van der Waals surface area (Å²) in [5.41, 5.74) is -0.524. The summed E-state index contributed by atoms with van der Waals surface area (Å²) in [5.74, 6) is -0.734. The smallest absolute Gasteiger partial charge is 0.344 e. The predicted molar refractivity (Wildman–Crippen MR) is 56.8 cm³/mol. The molecule has 0 unspecified atom stereocenters. The Morgan fingerprint density at radius 3 is 2.76 bits per heavy atom. The zero-order valence-electron chi connectivity index (χ0n) is 10.4. The summed E-state index contributed by atoms with van der Waals surface area (Å²) in [6.45, 7) is 6.69. The molecule has 0 N–H and O–H groups in total. The molecule has 0 aliphatic carbocycles. The van der Waals surface area contributed by atoms with Gasteiger partial charge in [0, 0.05) is 5.10 Å². The van der Waals surface area contributed by atoms with E-state index in [1.165, 1.54) is 28.9 Å². The average Bonchev–Trinajstić information content (AvgIpc) is 2.46. The molecule has 7 nitrogen and oxygen atoms in total. The van der Waals surface area contributed by atoms with Gasteiger partial charge < -0.3 is 9.84 Å². The molecule has 17 heavy (non-hydrogen) atoms. The Bertz CT molecular complexity index is 427. The summed E-state index contributed by atoms with van der Waals surface area (Å²) >= 11 is 0. The SMILES string of the molecule is C/C([O-])=N/[n+]1cnn(CC(=O)OC(C)(C)C)c1. The van der Waals surface area contributed by atoms with Gasteiger partial charge in [-0.3, -0.25) is 0 Å². The van der Waals surface area contributed by atoms with Crippen LogP contribution in [0.1, 0.15) is 27.7 Å². The van der Waals surface area contributed by atoms with Crippen molar-refractivity contribution >= 4 is 11.9 Å². The van der Waals surface area contributed by atoms with E-state index in [0.717, 1.165) is 0 Å². The standard InChI is InChI=1S/C10H16N4O3/c1-8(15)12-14-6-11-13(7-14)5-9(16)17-10(2,3)4/h6-7H,5H2,1-4H3. The van der Waals surface area contributed by atoms with Crippen LogP contribution in [0.4, 0.5) is 0 Å². The highest BCUT2D eigenvalue weighted by Crippen LogP contribution is 2.07. The minimum absolute atomic E-state index is 0.0162. The Hall–Kier alpha value is -1.92. The molecule has 1 aromatic heterocycles. The summed E-state index contributed by atoms with van der Waals surface area (Å²) in [7, 11) is 0. The fourth-order valence-electron chi connectivity index (χ4n) is 1.12. The van der Waals surface area contributed by atoms with Gasteiger partial charge in [0.05, 0.1) is 0 Å². The van der Waals surface area contributed by atoms with E-state index in [1.54, 1.807) is 20.8 Å². The molecule has 0 saturated heterocycles. The summed E-state index contributed by atoms with van der Waals surface area (Å²) in [5, 5.41) is 18.2. The zero-order valence-corrected chi connectivity index (χ0v) is 10.4. The Labute approximate surface area is 99.3 Å². The summed E-state index contributed by atoms with van der Waals surface area (Å²) < 4.78 is 7.72. The Morgan fingerprint density at radius 2 is 2.24 bits per heavy atom. The van der Waals surface area contributed by atoms with Gasteiger partial charge in [-0.2, -0.15) is 0 Å². The Kier molecular flexibility index (Phi) is 3.82. The second kappa shape index (κ2) is 4.94. The molecule has 0 amide bonds. The number of carbonyl (C=O) groups excluding carboxylic acids is 1. The lowest BCUT2D eigenvalue weighted by Gasteiger charge is -2.18. The number of carbonyl (C=O) groups is 1. The van der Waals surface area contributed by atoms with E-state index in [-0.39, 0.29) is 12.4 Å². The van der Waals surface area contributed by atoms with Crippen molar-refractivity contribution in [2.24, 2.45) is 5.10 Å². The van der Waals surface area contributed by atoms with Crippen molar-refractivity contribution in [3.8, 4) is 0 Å². The lowest BCUT2D eigenvalue weighted by Crippen LogP contribution is -2.30. The van der Waals surface area contributed by atoms with Gasteiger partial charge in [-0.15, -0.1) is 14.5 Å². The number of aromatic nitrogens is 3. The summed E-state index contributed by atoms with van der Waals surface area (Å²) in [4.78, 5) is 11.5. The molecular formula is C10H16N4O3. The van der Waals surface area contributed by atoms with Gasteiger partial charge >= 0.3 is 5.97 Å². The highest BCUT2D eigenvalue weighted by atomic mass is 16.6. The molecule has 0 bridgehead atoms. The number of hydrogen-bond donors (Lipinski definition) is 0. The third kappa shape index (κ3) is 5.10. The third-order valence-electron chi connectivity index (χ3n) is 1.54. The van der Waals surface area contributed by atoms with E-state index in [2.05, 4.69) is 10.2 Å². The fraction of sp³-hybridized carbons (Fsp3) is 0.600. The van der Waals surface area contributed by atoms with Gasteiger partial charge in [0.15, 0.2) is 0 Å². The van der Waals surface area contributed by atoms with Crippen molar-refractivity contribution in [1.82, 2.24) is 9.78 Å². The van der Waals surface area contributed by atoms with Crippen molar-refractivity contribution in [1.29, 1.82) is 0 Å². The minimum atomic E-state index is -0.524.